The van der Waals surface area contributed by atoms with E-state index in [1.807, 2.05) is 42.6 Å². The van der Waals surface area contributed by atoms with Crippen LogP contribution < -0.4 is 9.47 Å². The van der Waals surface area contributed by atoms with Crippen LogP contribution in [0.1, 0.15) is 18.9 Å². The Bertz CT molecular complexity index is 1270. The van der Waals surface area contributed by atoms with Crippen LogP contribution in [0.4, 0.5) is 5.69 Å². The van der Waals surface area contributed by atoms with Crippen molar-refractivity contribution in [2.24, 2.45) is 10.9 Å². The van der Waals surface area contributed by atoms with Gasteiger partial charge in [-0.1, -0.05) is 55.5 Å². The van der Waals surface area contributed by atoms with Crippen molar-refractivity contribution in [2.75, 3.05) is 7.05 Å². The number of allylic oxidation sites excluding steroid dienone is 3. The highest BCUT2D eigenvalue weighted by atomic mass is 16.5. The molecule has 2 atom stereocenters. The van der Waals surface area contributed by atoms with Gasteiger partial charge < -0.3 is 14.4 Å². The van der Waals surface area contributed by atoms with Gasteiger partial charge in [0.2, 0.25) is 5.72 Å². The molecule has 30 heavy (non-hydrogen) atoms. The molecule has 3 aromatic carbocycles. The van der Waals surface area contributed by atoms with Gasteiger partial charge in [0.25, 0.3) is 0 Å². The lowest BCUT2D eigenvalue weighted by atomic mass is 9.95. The molecule has 0 saturated heterocycles. The second kappa shape index (κ2) is 6.23. The molecule has 0 amide bonds. The van der Waals surface area contributed by atoms with Gasteiger partial charge in [-0.15, -0.1) is 0 Å². The van der Waals surface area contributed by atoms with Crippen molar-refractivity contribution in [1.29, 1.82) is 0 Å². The molecular weight excluding hydrogens is 372 g/mol. The van der Waals surface area contributed by atoms with E-state index in [1.54, 1.807) is 0 Å². The summed E-state index contributed by atoms with van der Waals surface area (Å²) in [6, 6.07) is 20.5. The van der Waals surface area contributed by atoms with Gasteiger partial charge in [-0.05, 0) is 42.0 Å². The van der Waals surface area contributed by atoms with Crippen molar-refractivity contribution in [3.63, 3.8) is 0 Å². The Labute approximate surface area is 175 Å². The van der Waals surface area contributed by atoms with Crippen LogP contribution in [0.15, 0.2) is 89.3 Å². The van der Waals surface area contributed by atoms with Crippen LogP contribution in [0, 0.1) is 5.92 Å². The molecule has 1 aliphatic carbocycles. The summed E-state index contributed by atoms with van der Waals surface area (Å²) in [5, 5.41) is 2.25. The van der Waals surface area contributed by atoms with Crippen LogP contribution in [0.2, 0.25) is 0 Å². The van der Waals surface area contributed by atoms with Crippen molar-refractivity contribution in [1.82, 2.24) is 4.90 Å². The van der Waals surface area contributed by atoms with E-state index in [9.17, 15) is 0 Å². The predicted molar refractivity (Wildman–Crippen MR) is 119 cm³/mol. The van der Waals surface area contributed by atoms with Crippen LogP contribution in [-0.4, -0.2) is 18.2 Å². The first-order valence-corrected chi connectivity index (χ1v) is 10.3. The van der Waals surface area contributed by atoms with E-state index < -0.39 is 5.72 Å². The highest BCUT2D eigenvalue weighted by Crippen LogP contribution is 2.49. The van der Waals surface area contributed by atoms with Crippen LogP contribution in [0.25, 0.3) is 10.8 Å². The number of para-hydroxylation sites is 1. The number of fused-ring (bicyclic) bond motifs is 5. The summed E-state index contributed by atoms with van der Waals surface area (Å²) < 4.78 is 13.2. The number of rotatable bonds is 0. The number of nitrogens with zero attached hydrogens (tertiary/aromatic N) is 2. The normalized spacial score (nSPS) is 24.1. The molecule has 6 rings (SSSR count). The third-order valence-electron chi connectivity index (χ3n) is 6.27. The third kappa shape index (κ3) is 2.37. The molecule has 0 bridgehead atoms. The van der Waals surface area contributed by atoms with Gasteiger partial charge in [0.1, 0.15) is 22.9 Å². The van der Waals surface area contributed by atoms with Gasteiger partial charge in [-0.3, -0.25) is 4.99 Å². The molecule has 0 fully saturated rings. The smallest absolute Gasteiger partial charge is 0.249 e. The van der Waals surface area contributed by atoms with Gasteiger partial charge in [-0.2, -0.15) is 0 Å². The quantitative estimate of drug-likeness (QED) is 0.475. The molecule has 4 nitrogen and oxygen atoms in total. The van der Waals surface area contributed by atoms with Gasteiger partial charge in [-0.25, -0.2) is 0 Å². The highest BCUT2D eigenvalue weighted by molar-refractivity contribution is 5.98. The summed E-state index contributed by atoms with van der Waals surface area (Å²) in [4.78, 5) is 7.15. The Morgan fingerprint density at radius 3 is 2.77 bits per heavy atom. The zero-order valence-electron chi connectivity index (χ0n) is 17.0. The van der Waals surface area contributed by atoms with Gasteiger partial charge in [0.15, 0.2) is 0 Å². The fourth-order valence-corrected chi connectivity index (χ4v) is 4.64. The van der Waals surface area contributed by atoms with Gasteiger partial charge in [0.05, 0.1) is 17.5 Å². The first-order valence-electron chi connectivity index (χ1n) is 10.3. The molecule has 148 valence electrons. The molecule has 4 heteroatoms. The van der Waals surface area contributed by atoms with Crippen LogP contribution in [0.3, 0.4) is 0 Å². The summed E-state index contributed by atoms with van der Waals surface area (Å²) in [5.41, 5.74) is 2.08. The summed E-state index contributed by atoms with van der Waals surface area (Å²) in [5.74, 6) is 2.89. The van der Waals surface area contributed by atoms with Gasteiger partial charge >= 0.3 is 0 Å². The molecule has 0 radical (unpaired) electrons. The van der Waals surface area contributed by atoms with Crippen molar-refractivity contribution >= 4 is 22.7 Å². The van der Waals surface area contributed by atoms with Crippen LogP contribution >= 0.6 is 0 Å². The molecule has 2 heterocycles. The summed E-state index contributed by atoms with van der Waals surface area (Å²) in [6.07, 6.45) is 7.10. The molecule has 3 aliphatic rings. The molecule has 1 spiro atoms. The fourth-order valence-electron chi connectivity index (χ4n) is 4.64. The average molecular weight is 394 g/mol. The van der Waals surface area contributed by atoms with Crippen molar-refractivity contribution < 1.29 is 9.47 Å². The van der Waals surface area contributed by atoms with Crippen molar-refractivity contribution in [2.45, 2.75) is 19.1 Å². The molecule has 0 N–H and O–H groups in total. The summed E-state index contributed by atoms with van der Waals surface area (Å²) >= 11 is 0. The third-order valence-corrected chi connectivity index (χ3v) is 6.27. The Balaban J connectivity index is 1.58. The predicted octanol–water partition coefficient (Wildman–Crippen LogP) is 5.92. The number of aliphatic imine (C=N–C) groups is 1. The van der Waals surface area contributed by atoms with E-state index in [1.165, 1.54) is 0 Å². The fraction of sp³-hybridized carbons (Fsp3) is 0.192. The standard InChI is InChI=1S/C26H22N2O2/c1-17-11-13-23-21(15-17)28(2)26(20-9-5-6-10-22(20)29-23)16-27-25-19-8-4-3-7-18(19)12-14-24(25)30-26/h3-14,16-17H,15H2,1-2H3. The second-order valence-corrected chi connectivity index (χ2v) is 8.20. The maximum atomic E-state index is 6.81. The van der Waals surface area contributed by atoms with E-state index in [4.69, 9.17) is 14.5 Å². The maximum Gasteiger partial charge on any atom is 0.249 e. The SMILES string of the molecule is CC1C=CC2=C(C1)N(C)C1(C=Nc3c(ccc4ccccc34)O1)c1ccccc1O2. The topological polar surface area (TPSA) is 34.1 Å². The largest absolute Gasteiger partial charge is 0.456 e. The highest BCUT2D eigenvalue weighted by Gasteiger charge is 2.46. The molecular formula is C26H22N2O2. The van der Waals surface area contributed by atoms with Crippen LogP contribution in [-0.2, 0) is 5.72 Å². The van der Waals surface area contributed by atoms with Crippen LogP contribution in [0.5, 0.6) is 11.5 Å². The van der Waals surface area contributed by atoms with E-state index in [0.29, 0.717) is 5.92 Å². The monoisotopic (exact) mass is 394 g/mol. The first kappa shape index (κ1) is 17.3. The van der Waals surface area contributed by atoms with E-state index in [2.05, 4.69) is 55.3 Å². The number of hydrogen-bond donors (Lipinski definition) is 0. The Morgan fingerprint density at radius 1 is 1.00 bits per heavy atom. The van der Waals surface area contributed by atoms with Gasteiger partial charge in [0, 0.05) is 12.4 Å². The van der Waals surface area contributed by atoms with E-state index in [0.717, 1.165) is 51.4 Å². The Hall–Kier alpha value is -3.53. The molecule has 0 saturated carbocycles. The zero-order chi connectivity index (χ0) is 20.3. The van der Waals surface area contributed by atoms with E-state index in [-0.39, 0.29) is 0 Å². The first-order chi connectivity index (χ1) is 14.7. The minimum absolute atomic E-state index is 0.435. The summed E-state index contributed by atoms with van der Waals surface area (Å²) in [7, 11) is 2.07. The Kier molecular flexibility index (Phi) is 3.60. The molecule has 0 aromatic heterocycles. The van der Waals surface area contributed by atoms with Crippen molar-refractivity contribution in [3.05, 3.63) is 89.8 Å². The Morgan fingerprint density at radius 2 is 1.83 bits per heavy atom. The second-order valence-electron chi connectivity index (χ2n) is 8.20. The lowest BCUT2D eigenvalue weighted by Crippen LogP contribution is -2.50. The lowest BCUT2D eigenvalue weighted by Gasteiger charge is -2.43. The molecule has 2 aliphatic heterocycles. The zero-order valence-corrected chi connectivity index (χ0v) is 17.0. The van der Waals surface area contributed by atoms with E-state index >= 15 is 0 Å². The number of benzene rings is 3. The molecule has 3 aromatic rings. The average Bonchev–Trinajstić information content (AvgIpc) is 2.88. The minimum Gasteiger partial charge on any atom is -0.456 e. The maximum absolute atomic E-state index is 6.81. The number of hydrogen-bond acceptors (Lipinski definition) is 4. The minimum atomic E-state index is -0.867. The molecule has 2 unspecified atom stereocenters. The number of ether oxygens (including phenoxy) is 2. The summed E-state index contributed by atoms with van der Waals surface area (Å²) in [6.45, 7) is 2.22. The van der Waals surface area contributed by atoms with Crippen molar-refractivity contribution in [3.8, 4) is 11.5 Å². The lowest BCUT2D eigenvalue weighted by molar-refractivity contribution is 0.00778.